The molecule has 0 aliphatic carbocycles. The molecule has 0 aliphatic rings. The molecule has 0 bridgehead atoms. The second-order valence-electron chi connectivity index (χ2n) is 3.64. The van der Waals surface area contributed by atoms with Crippen molar-refractivity contribution < 1.29 is 9.13 Å². The Labute approximate surface area is 109 Å². The van der Waals surface area contributed by atoms with E-state index in [2.05, 4.69) is 10.3 Å². The van der Waals surface area contributed by atoms with E-state index < -0.39 is 0 Å². The smallest absolute Gasteiger partial charge is 0.207 e. The van der Waals surface area contributed by atoms with Crippen LogP contribution in [-0.4, -0.2) is 29.8 Å². The molecule has 18 heavy (non-hydrogen) atoms. The summed E-state index contributed by atoms with van der Waals surface area (Å²) >= 11 is 6.05. The number of hydrogen-bond donors (Lipinski definition) is 1. The number of nitrogens with zero attached hydrogens (tertiary/aromatic N) is 2. The van der Waals surface area contributed by atoms with Gasteiger partial charge in [-0.25, -0.2) is 9.37 Å². The predicted octanol–water partition coefficient (Wildman–Crippen LogP) is 2.72. The van der Waals surface area contributed by atoms with Crippen molar-refractivity contribution in [3.8, 4) is 5.69 Å². The molecule has 0 amide bonds. The van der Waals surface area contributed by atoms with E-state index in [-0.39, 0.29) is 5.82 Å². The molecular weight excluding hydrogens is 257 g/mol. The standard InChI is InChI=1S/C12H13ClFN3O/c1-18-7-5-16-12-15-4-6-17(12)11-8-9(14)2-3-10(11)13/h2-4,6,8H,5,7H2,1H3,(H,15,16). The van der Waals surface area contributed by atoms with E-state index in [0.717, 1.165) is 0 Å². The summed E-state index contributed by atoms with van der Waals surface area (Å²) < 4.78 is 19.9. The number of rotatable bonds is 5. The highest BCUT2D eigenvalue weighted by molar-refractivity contribution is 6.32. The number of halogens is 2. The molecule has 0 radical (unpaired) electrons. The lowest BCUT2D eigenvalue weighted by atomic mass is 10.3. The largest absolute Gasteiger partial charge is 0.383 e. The lowest BCUT2D eigenvalue weighted by molar-refractivity contribution is 0.210. The highest BCUT2D eigenvalue weighted by Gasteiger charge is 2.09. The molecule has 0 aliphatic heterocycles. The van der Waals surface area contributed by atoms with Crippen LogP contribution in [0.5, 0.6) is 0 Å². The number of nitrogens with one attached hydrogen (secondary N) is 1. The van der Waals surface area contributed by atoms with Crippen LogP contribution in [0.4, 0.5) is 10.3 Å². The van der Waals surface area contributed by atoms with Gasteiger partial charge in [0.1, 0.15) is 5.82 Å². The van der Waals surface area contributed by atoms with E-state index in [4.69, 9.17) is 16.3 Å². The molecular formula is C12H13ClFN3O. The summed E-state index contributed by atoms with van der Waals surface area (Å²) in [4.78, 5) is 4.15. The summed E-state index contributed by atoms with van der Waals surface area (Å²) in [7, 11) is 1.62. The lowest BCUT2D eigenvalue weighted by Crippen LogP contribution is -2.11. The molecule has 0 saturated carbocycles. The van der Waals surface area contributed by atoms with Crippen molar-refractivity contribution in [1.29, 1.82) is 0 Å². The van der Waals surface area contributed by atoms with Crippen molar-refractivity contribution in [1.82, 2.24) is 9.55 Å². The Balaban J connectivity index is 2.27. The highest BCUT2D eigenvalue weighted by atomic mass is 35.5. The van der Waals surface area contributed by atoms with Crippen molar-refractivity contribution in [3.05, 3.63) is 41.4 Å². The monoisotopic (exact) mass is 269 g/mol. The van der Waals surface area contributed by atoms with Gasteiger partial charge < -0.3 is 10.1 Å². The van der Waals surface area contributed by atoms with Crippen molar-refractivity contribution >= 4 is 17.5 Å². The van der Waals surface area contributed by atoms with E-state index in [0.29, 0.717) is 29.8 Å². The summed E-state index contributed by atoms with van der Waals surface area (Å²) in [6, 6.07) is 4.21. The minimum absolute atomic E-state index is 0.342. The maximum Gasteiger partial charge on any atom is 0.207 e. The van der Waals surface area contributed by atoms with Gasteiger partial charge in [-0.3, -0.25) is 4.57 Å². The van der Waals surface area contributed by atoms with Gasteiger partial charge in [-0.1, -0.05) is 11.6 Å². The second-order valence-corrected chi connectivity index (χ2v) is 4.04. The average Bonchev–Trinajstić information content (AvgIpc) is 2.81. The third-order valence-electron chi connectivity index (χ3n) is 2.40. The topological polar surface area (TPSA) is 39.1 Å². The Kier molecular flexibility index (Phi) is 4.17. The van der Waals surface area contributed by atoms with Crippen LogP contribution in [0.15, 0.2) is 30.6 Å². The SMILES string of the molecule is COCCNc1nccn1-c1cc(F)ccc1Cl. The maximum absolute atomic E-state index is 13.2. The van der Waals surface area contributed by atoms with Crippen molar-refractivity contribution in [2.75, 3.05) is 25.6 Å². The lowest BCUT2D eigenvalue weighted by Gasteiger charge is -2.11. The molecule has 1 aromatic heterocycles. The molecule has 2 aromatic rings. The first-order chi connectivity index (χ1) is 8.72. The Morgan fingerprint density at radius 1 is 1.50 bits per heavy atom. The summed E-state index contributed by atoms with van der Waals surface area (Å²) in [5.41, 5.74) is 0.550. The quantitative estimate of drug-likeness (QED) is 0.849. The number of imidazole rings is 1. The molecule has 4 nitrogen and oxygen atoms in total. The number of ether oxygens (including phenoxy) is 1. The number of anilines is 1. The van der Waals surface area contributed by atoms with E-state index in [9.17, 15) is 4.39 Å². The summed E-state index contributed by atoms with van der Waals surface area (Å²) in [5.74, 6) is 0.255. The summed E-state index contributed by atoms with van der Waals surface area (Å²) in [6.45, 7) is 1.17. The Morgan fingerprint density at radius 3 is 3.11 bits per heavy atom. The molecule has 1 N–H and O–H groups in total. The molecule has 0 spiro atoms. The predicted molar refractivity (Wildman–Crippen MR) is 68.9 cm³/mol. The third-order valence-corrected chi connectivity index (χ3v) is 2.72. The molecule has 0 fully saturated rings. The van der Waals surface area contributed by atoms with Gasteiger partial charge in [0, 0.05) is 26.0 Å². The van der Waals surface area contributed by atoms with E-state index in [1.165, 1.54) is 18.2 Å². The van der Waals surface area contributed by atoms with Crippen LogP contribution >= 0.6 is 11.6 Å². The van der Waals surface area contributed by atoms with Gasteiger partial charge in [0.25, 0.3) is 0 Å². The van der Waals surface area contributed by atoms with Gasteiger partial charge in [0.05, 0.1) is 17.3 Å². The Morgan fingerprint density at radius 2 is 2.33 bits per heavy atom. The van der Waals surface area contributed by atoms with Gasteiger partial charge in [0.2, 0.25) is 5.95 Å². The number of methoxy groups -OCH3 is 1. The van der Waals surface area contributed by atoms with E-state index in [1.54, 1.807) is 24.1 Å². The molecule has 96 valence electrons. The van der Waals surface area contributed by atoms with Gasteiger partial charge in [0.15, 0.2) is 0 Å². The second kappa shape index (κ2) is 5.84. The van der Waals surface area contributed by atoms with Crippen molar-refractivity contribution in [3.63, 3.8) is 0 Å². The fourth-order valence-electron chi connectivity index (χ4n) is 1.56. The maximum atomic E-state index is 13.2. The zero-order valence-corrected chi connectivity index (χ0v) is 10.6. The average molecular weight is 270 g/mol. The van der Waals surface area contributed by atoms with Crippen molar-refractivity contribution in [2.24, 2.45) is 0 Å². The normalized spacial score (nSPS) is 10.6. The molecule has 0 saturated heterocycles. The zero-order chi connectivity index (χ0) is 13.0. The van der Waals surface area contributed by atoms with Crippen molar-refractivity contribution in [2.45, 2.75) is 0 Å². The van der Waals surface area contributed by atoms with Crippen LogP contribution < -0.4 is 5.32 Å². The summed E-state index contributed by atoms with van der Waals surface area (Å²) in [5, 5.41) is 3.55. The van der Waals surface area contributed by atoms with Gasteiger partial charge >= 0.3 is 0 Å². The summed E-state index contributed by atoms with van der Waals surface area (Å²) in [6.07, 6.45) is 3.34. The Hall–Kier alpha value is -1.59. The van der Waals surface area contributed by atoms with Gasteiger partial charge in [-0.2, -0.15) is 0 Å². The zero-order valence-electron chi connectivity index (χ0n) is 9.86. The minimum Gasteiger partial charge on any atom is -0.383 e. The first-order valence-corrected chi connectivity index (χ1v) is 5.81. The van der Waals surface area contributed by atoms with E-state index in [1.807, 2.05) is 0 Å². The Bertz CT molecular complexity index is 530. The van der Waals surface area contributed by atoms with Crippen LogP contribution in [0.3, 0.4) is 0 Å². The fraction of sp³-hybridized carbons (Fsp3) is 0.250. The molecule has 6 heteroatoms. The van der Waals surface area contributed by atoms with Crippen LogP contribution in [0.1, 0.15) is 0 Å². The molecule has 1 aromatic carbocycles. The first-order valence-electron chi connectivity index (χ1n) is 5.44. The minimum atomic E-state index is -0.342. The van der Waals surface area contributed by atoms with Gasteiger partial charge in [-0.05, 0) is 18.2 Å². The number of hydrogen-bond acceptors (Lipinski definition) is 3. The fourth-order valence-corrected chi connectivity index (χ4v) is 1.77. The van der Waals surface area contributed by atoms with Crippen LogP contribution in [0.25, 0.3) is 5.69 Å². The molecule has 1 heterocycles. The van der Waals surface area contributed by atoms with Crippen LogP contribution in [0, 0.1) is 5.82 Å². The third kappa shape index (κ3) is 2.80. The highest BCUT2D eigenvalue weighted by Crippen LogP contribution is 2.24. The molecule has 0 atom stereocenters. The molecule has 0 unspecified atom stereocenters. The number of aromatic nitrogens is 2. The number of benzene rings is 1. The van der Waals surface area contributed by atoms with E-state index >= 15 is 0 Å². The van der Waals surface area contributed by atoms with Crippen LogP contribution in [-0.2, 0) is 4.74 Å². The molecule has 2 rings (SSSR count). The van der Waals surface area contributed by atoms with Crippen LogP contribution in [0.2, 0.25) is 5.02 Å². The van der Waals surface area contributed by atoms with Gasteiger partial charge in [-0.15, -0.1) is 0 Å². The first kappa shape index (κ1) is 12.9.